The number of hydrogen-bond donors (Lipinski definition) is 0. The molecule has 130 valence electrons. The molecule has 0 amide bonds. The second-order valence-corrected chi connectivity index (χ2v) is 7.93. The van der Waals surface area contributed by atoms with Crippen molar-refractivity contribution in [3.8, 4) is 0 Å². The van der Waals surface area contributed by atoms with Crippen molar-refractivity contribution in [2.45, 2.75) is 62.8 Å². The molecule has 0 aliphatic carbocycles. The van der Waals surface area contributed by atoms with Crippen LogP contribution in [0.2, 0.25) is 0 Å². The number of carbonyl (C=O) groups excluding carboxylic acids is 2. The highest BCUT2D eigenvalue weighted by atomic mass is 32.2. The summed E-state index contributed by atoms with van der Waals surface area (Å²) in [5.41, 5.74) is 0. The Morgan fingerprint density at radius 1 is 1.30 bits per heavy atom. The maximum absolute atomic E-state index is 11.9. The summed E-state index contributed by atoms with van der Waals surface area (Å²) >= 11 is 0. The average Bonchev–Trinajstić information content (AvgIpc) is 3.10. The molecule has 0 aromatic heterocycles. The molecule has 0 aromatic carbocycles. The Kier molecular flexibility index (Phi) is 4.37. The van der Waals surface area contributed by atoms with E-state index < -0.39 is 45.8 Å². The van der Waals surface area contributed by atoms with E-state index in [4.69, 9.17) is 18.4 Å². The number of hydrogen-bond acceptors (Lipinski definition) is 8. The molecule has 0 saturated carbocycles. The zero-order valence-corrected chi connectivity index (χ0v) is 13.8. The van der Waals surface area contributed by atoms with Gasteiger partial charge in [0.05, 0.1) is 18.4 Å². The summed E-state index contributed by atoms with van der Waals surface area (Å²) in [7, 11) is -3.63. The van der Waals surface area contributed by atoms with Crippen molar-refractivity contribution in [3.63, 3.8) is 0 Å². The number of rotatable bonds is 6. The molecular weight excluding hydrogens is 328 g/mol. The van der Waals surface area contributed by atoms with Crippen LogP contribution >= 0.6 is 0 Å². The molecule has 9 heteroatoms. The van der Waals surface area contributed by atoms with Crippen LogP contribution in [0.15, 0.2) is 0 Å². The lowest BCUT2D eigenvalue weighted by Crippen LogP contribution is -2.41. The van der Waals surface area contributed by atoms with Gasteiger partial charge < -0.3 is 14.2 Å². The van der Waals surface area contributed by atoms with Gasteiger partial charge in [0.25, 0.3) is 10.1 Å². The first-order valence-electron chi connectivity index (χ1n) is 7.77. The van der Waals surface area contributed by atoms with Crippen LogP contribution in [0.1, 0.15) is 33.1 Å². The van der Waals surface area contributed by atoms with E-state index >= 15 is 0 Å². The molecular formula is C14H20O8S. The largest absolute Gasteiger partial charge is 0.465 e. The molecule has 3 heterocycles. The van der Waals surface area contributed by atoms with Crippen LogP contribution < -0.4 is 0 Å². The van der Waals surface area contributed by atoms with E-state index in [9.17, 15) is 18.0 Å². The van der Waals surface area contributed by atoms with E-state index in [1.807, 2.05) is 6.92 Å². The normalized spacial score (nSPS) is 37.6. The molecule has 3 rings (SSSR count). The number of ether oxygens (including phenoxy) is 3. The fourth-order valence-electron chi connectivity index (χ4n) is 3.12. The Balaban J connectivity index is 1.48. The van der Waals surface area contributed by atoms with Crippen molar-refractivity contribution in [1.29, 1.82) is 0 Å². The van der Waals surface area contributed by atoms with Crippen LogP contribution in [-0.2, 0) is 38.1 Å². The van der Waals surface area contributed by atoms with E-state index in [-0.39, 0.29) is 31.3 Å². The van der Waals surface area contributed by atoms with Crippen molar-refractivity contribution in [3.05, 3.63) is 0 Å². The monoisotopic (exact) mass is 348 g/mol. The van der Waals surface area contributed by atoms with Crippen molar-refractivity contribution >= 4 is 22.1 Å². The van der Waals surface area contributed by atoms with Crippen molar-refractivity contribution in [2.24, 2.45) is 5.92 Å². The quantitative estimate of drug-likeness (QED) is 0.493. The molecule has 6 atom stereocenters. The topological polar surface area (TPSA) is 105 Å². The summed E-state index contributed by atoms with van der Waals surface area (Å²) in [6.07, 6.45) is -1.60. The molecule has 2 bridgehead atoms. The molecule has 6 unspecified atom stereocenters. The van der Waals surface area contributed by atoms with Gasteiger partial charge in [0.15, 0.2) is 6.10 Å². The predicted octanol–water partition coefficient (Wildman–Crippen LogP) is 0.146. The van der Waals surface area contributed by atoms with Crippen molar-refractivity contribution in [1.82, 2.24) is 0 Å². The lowest BCUT2D eigenvalue weighted by molar-refractivity contribution is -0.158. The van der Waals surface area contributed by atoms with Gasteiger partial charge in [-0.05, 0) is 12.8 Å². The fourth-order valence-corrected chi connectivity index (χ4v) is 4.77. The maximum Gasteiger partial charge on any atom is 0.309 e. The Bertz CT molecular complexity index is 600. The van der Waals surface area contributed by atoms with Gasteiger partial charge >= 0.3 is 11.9 Å². The number of carbonyl (C=O) groups is 2. The summed E-state index contributed by atoms with van der Waals surface area (Å²) in [6.45, 7) is 3.57. The van der Waals surface area contributed by atoms with Gasteiger partial charge in [-0.15, -0.1) is 0 Å². The van der Waals surface area contributed by atoms with Gasteiger partial charge in [-0.25, -0.2) is 0 Å². The second kappa shape index (κ2) is 6.03. The first-order valence-corrected chi connectivity index (χ1v) is 9.24. The molecule has 23 heavy (non-hydrogen) atoms. The standard InChI is InChI=1S/C14H20O8S/c1-3-7(2)14(16)19-5-4-10(15)21-11-8-6-9-12(20-8)13(11)22-23(9,17)18/h7-9,11-13H,3-6H2,1-2H3. The third-order valence-electron chi connectivity index (χ3n) is 4.63. The van der Waals surface area contributed by atoms with Crippen LogP contribution in [-0.4, -0.2) is 56.6 Å². The first kappa shape index (κ1) is 16.7. The van der Waals surface area contributed by atoms with Gasteiger partial charge in [-0.2, -0.15) is 8.42 Å². The third kappa shape index (κ3) is 2.97. The van der Waals surface area contributed by atoms with Gasteiger partial charge in [0.2, 0.25) is 0 Å². The van der Waals surface area contributed by atoms with E-state index in [1.165, 1.54) is 0 Å². The van der Waals surface area contributed by atoms with E-state index in [1.54, 1.807) is 6.92 Å². The van der Waals surface area contributed by atoms with Crippen LogP contribution in [0.25, 0.3) is 0 Å². The highest BCUT2D eigenvalue weighted by molar-refractivity contribution is 7.87. The zero-order valence-electron chi connectivity index (χ0n) is 13.0. The summed E-state index contributed by atoms with van der Waals surface area (Å²) in [5.74, 6) is -1.12. The minimum Gasteiger partial charge on any atom is -0.465 e. The first-order chi connectivity index (χ1) is 10.8. The van der Waals surface area contributed by atoms with Gasteiger partial charge in [0.1, 0.15) is 24.1 Å². The lowest BCUT2D eigenvalue weighted by atomic mass is 9.94. The van der Waals surface area contributed by atoms with Gasteiger partial charge in [0, 0.05) is 0 Å². The van der Waals surface area contributed by atoms with Crippen molar-refractivity contribution < 1.29 is 36.4 Å². The minimum atomic E-state index is -3.63. The van der Waals surface area contributed by atoms with Crippen molar-refractivity contribution in [2.75, 3.05) is 6.61 Å². The van der Waals surface area contributed by atoms with Crippen LogP contribution in [0.4, 0.5) is 0 Å². The Hall–Kier alpha value is -1.19. The Morgan fingerprint density at radius 2 is 2.04 bits per heavy atom. The number of fused-ring (bicyclic) bond motifs is 1. The molecule has 8 nitrogen and oxygen atoms in total. The lowest BCUT2D eigenvalue weighted by Gasteiger charge is -2.21. The average molecular weight is 348 g/mol. The van der Waals surface area contributed by atoms with Crippen LogP contribution in [0, 0.1) is 5.92 Å². The van der Waals surface area contributed by atoms with Crippen LogP contribution in [0.5, 0.6) is 0 Å². The summed E-state index contributed by atoms with van der Waals surface area (Å²) < 4.78 is 44.3. The molecule has 3 aliphatic heterocycles. The third-order valence-corrected chi connectivity index (χ3v) is 6.32. The second-order valence-electron chi connectivity index (χ2n) is 6.15. The fraction of sp³-hybridized carbons (Fsp3) is 0.857. The Labute approximate surface area is 134 Å². The molecule has 0 aromatic rings. The van der Waals surface area contributed by atoms with E-state index in [2.05, 4.69) is 0 Å². The van der Waals surface area contributed by atoms with Crippen LogP contribution in [0.3, 0.4) is 0 Å². The Morgan fingerprint density at radius 3 is 2.74 bits per heavy atom. The SMILES string of the molecule is CCC(C)C(=O)OCCC(=O)OC1C2CC3C(O2)C1OS3(=O)=O. The molecule has 0 N–H and O–H groups in total. The van der Waals surface area contributed by atoms with E-state index in [0.29, 0.717) is 6.42 Å². The zero-order chi connectivity index (χ0) is 16.8. The van der Waals surface area contributed by atoms with E-state index in [0.717, 1.165) is 0 Å². The van der Waals surface area contributed by atoms with Gasteiger partial charge in [-0.3, -0.25) is 13.8 Å². The number of esters is 2. The highest BCUT2D eigenvalue weighted by Gasteiger charge is 2.67. The van der Waals surface area contributed by atoms with Gasteiger partial charge in [-0.1, -0.05) is 13.8 Å². The molecule has 3 saturated heterocycles. The summed E-state index contributed by atoms with van der Waals surface area (Å²) in [4.78, 5) is 23.4. The molecule has 3 aliphatic rings. The smallest absolute Gasteiger partial charge is 0.309 e. The summed E-state index contributed by atoms with van der Waals surface area (Å²) in [6, 6.07) is 0. The highest BCUT2D eigenvalue weighted by Crippen LogP contribution is 2.47. The molecule has 0 radical (unpaired) electrons. The maximum atomic E-state index is 11.9. The molecule has 3 fully saturated rings. The molecule has 0 spiro atoms. The minimum absolute atomic E-state index is 0.0594. The predicted molar refractivity (Wildman–Crippen MR) is 75.8 cm³/mol. The summed E-state index contributed by atoms with van der Waals surface area (Å²) in [5, 5.41) is -0.649.